The van der Waals surface area contributed by atoms with Crippen molar-refractivity contribution in [1.29, 1.82) is 0 Å². The summed E-state index contributed by atoms with van der Waals surface area (Å²) in [7, 11) is 1.58. The van der Waals surface area contributed by atoms with Crippen LogP contribution in [0.3, 0.4) is 0 Å². The number of aromatic nitrogens is 2. The molecule has 0 bridgehead atoms. The Labute approximate surface area is 145 Å². The lowest BCUT2D eigenvalue weighted by atomic mass is 10.0. The van der Waals surface area contributed by atoms with E-state index in [0.29, 0.717) is 11.7 Å². The van der Waals surface area contributed by atoms with Gasteiger partial charge < -0.3 is 19.7 Å². The van der Waals surface area contributed by atoms with Crippen LogP contribution < -0.4 is 10.1 Å². The Morgan fingerprint density at radius 2 is 1.96 bits per heavy atom. The minimum absolute atomic E-state index is 0.0702. The molecule has 1 aromatic heterocycles. The number of carbonyl (C=O) groups excluding carboxylic acids is 1. The third-order valence-electron chi connectivity index (χ3n) is 3.63. The molecule has 2 N–H and O–H groups in total. The molecule has 0 saturated heterocycles. The predicted molar refractivity (Wildman–Crippen MR) is 89.0 cm³/mol. The van der Waals surface area contributed by atoms with Crippen molar-refractivity contribution in [2.75, 3.05) is 7.11 Å². The van der Waals surface area contributed by atoms with Gasteiger partial charge in [-0.2, -0.15) is 4.98 Å². The van der Waals surface area contributed by atoms with E-state index in [2.05, 4.69) is 15.5 Å². The van der Waals surface area contributed by atoms with Crippen LogP contribution in [0, 0.1) is 5.92 Å². The summed E-state index contributed by atoms with van der Waals surface area (Å²) >= 11 is 0. The number of ether oxygens (including phenoxy) is 1. The molecule has 0 fully saturated rings. The van der Waals surface area contributed by atoms with E-state index in [-0.39, 0.29) is 24.7 Å². The van der Waals surface area contributed by atoms with E-state index in [9.17, 15) is 9.59 Å². The van der Waals surface area contributed by atoms with E-state index >= 15 is 0 Å². The first-order valence-corrected chi connectivity index (χ1v) is 7.90. The van der Waals surface area contributed by atoms with Crippen molar-refractivity contribution in [1.82, 2.24) is 15.5 Å². The van der Waals surface area contributed by atoms with Crippen molar-refractivity contribution >= 4 is 11.9 Å². The fourth-order valence-electron chi connectivity index (χ4n) is 2.19. The van der Waals surface area contributed by atoms with Crippen LogP contribution in [-0.2, 0) is 16.0 Å². The molecule has 1 atom stereocenters. The summed E-state index contributed by atoms with van der Waals surface area (Å²) in [5.41, 5.74) is 0.769. The lowest BCUT2D eigenvalue weighted by Crippen LogP contribution is -2.44. The summed E-state index contributed by atoms with van der Waals surface area (Å²) in [5.74, 6) is -0.164. The van der Waals surface area contributed by atoms with Crippen LogP contribution >= 0.6 is 0 Å². The molecule has 134 valence electrons. The van der Waals surface area contributed by atoms with Crippen LogP contribution in [0.4, 0.5) is 0 Å². The monoisotopic (exact) mass is 347 g/mol. The van der Waals surface area contributed by atoms with Gasteiger partial charge in [0.1, 0.15) is 11.8 Å². The Kier molecular flexibility index (Phi) is 6.10. The van der Waals surface area contributed by atoms with Crippen LogP contribution in [0.15, 0.2) is 28.8 Å². The summed E-state index contributed by atoms with van der Waals surface area (Å²) in [4.78, 5) is 27.2. The summed E-state index contributed by atoms with van der Waals surface area (Å²) < 4.78 is 10.2. The van der Waals surface area contributed by atoms with Gasteiger partial charge in [-0.15, -0.1) is 0 Å². The van der Waals surface area contributed by atoms with Crippen molar-refractivity contribution in [3.05, 3.63) is 30.2 Å². The second-order valence-electron chi connectivity index (χ2n) is 5.87. The van der Waals surface area contributed by atoms with Gasteiger partial charge in [0.15, 0.2) is 0 Å². The smallest absolute Gasteiger partial charge is 0.326 e. The molecular weight excluding hydrogens is 326 g/mol. The second-order valence-corrected chi connectivity index (χ2v) is 5.87. The molecule has 0 saturated carbocycles. The number of methoxy groups -OCH3 is 1. The lowest BCUT2D eigenvalue weighted by molar-refractivity contribution is -0.143. The van der Waals surface area contributed by atoms with E-state index in [1.54, 1.807) is 45.2 Å². The summed E-state index contributed by atoms with van der Waals surface area (Å²) in [6, 6.07) is 6.28. The Bertz CT molecular complexity index is 724. The number of aliphatic carboxylic acids is 1. The second kappa shape index (κ2) is 8.27. The van der Waals surface area contributed by atoms with Gasteiger partial charge in [0.05, 0.1) is 7.11 Å². The minimum Gasteiger partial charge on any atom is -0.497 e. The maximum Gasteiger partial charge on any atom is 0.326 e. The first kappa shape index (κ1) is 18.4. The number of carboxylic acid groups (broad SMARTS) is 1. The SMILES string of the molecule is COc1ccc(-c2noc(CCC(=O)NC(C(=O)O)C(C)C)n2)cc1. The van der Waals surface area contributed by atoms with Crippen LogP contribution in [0.5, 0.6) is 5.75 Å². The summed E-state index contributed by atoms with van der Waals surface area (Å²) in [6.07, 6.45) is 0.306. The summed E-state index contributed by atoms with van der Waals surface area (Å²) in [5, 5.41) is 15.5. The Morgan fingerprint density at radius 3 is 2.52 bits per heavy atom. The summed E-state index contributed by atoms with van der Waals surface area (Å²) in [6.45, 7) is 3.47. The molecule has 8 heteroatoms. The number of nitrogens with zero attached hydrogens (tertiary/aromatic N) is 2. The van der Waals surface area contributed by atoms with Gasteiger partial charge in [0.2, 0.25) is 17.6 Å². The van der Waals surface area contributed by atoms with Crippen LogP contribution in [-0.4, -0.2) is 40.3 Å². The molecule has 1 unspecified atom stereocenters. The number of hydrogen-bond donors (Lipinski definition) is 2. The number of nitrogens with one attached hydrogen (secondary N) is 1. The average molecular weight is 347 g/mol. The van der Waals surface area contributed by atoms with E-state index in [4.69, 9.17) is 14.4 Å². The molecular formula is C17H21N3O5. The highest BCUT2D eigenvalue weighted by Gasteiger charge is 2.23. The highest BCUT2D eigenvalue weighted by atomic mass is 16.5. The standard InChI is InChI=1S/C17H21N3O5/c1-10(2)15(17(22)23)18-13(21)8-9-14-19-16(20-25-14)11-4-6-12(24-3)7-5-11/h4-7,10,15H,8-9H2,1-3H3,(H,18,21)(H,22,23). The van der Waals surface area contributed by atoms with Crippen LogP contribution in [0.2, 0.25) is 0 Å². The lowest BCUT2D eigenvalue weighted by Gasteiger charge is -2.17. The number of carboxylic acids is 1. The van der Waals surface area contributed by atoms with Gasteiger partial charge in [-0.25, -0.2) is 4.79 Å². The molecule has 0 spiro atoms. The zero-order chi connectivity index (χ0) is 18.4. The van der Waals surface area contributed by atoms with E-state index in [0.717, 1.165) is 11.3 Å². The average Bonchev–Trinajstić information content (AvgIpc) is 3.06. The van der Waals surface area contributed by atoms with Crippen molar-refractivity contribution < 1.29 is 24.0 Å². The Balaban J connectivity index is 1.92. The van der Waals surface area contributed by atoms with Gasteiger partial charge in [-0.05, 0) is 30.2 Å². The van der Waals surface area contributed by atoms with E-state index in [1.807, 2.05) is 0 Å². The van der Waals surface area contributed by atoms with Crippen molar-refractivity contribution in [2.24, 2.45) is 5.92 Å². The topological polar surface area (TPSA) is 115 Å². The van der Waals surface area contributed by atoms with E-state index in [1.165, 1.54) is 0 Å². The predicted octanol–water partition coefficient (Wildman–Crippen LogP) is 1.90. The number of benzene rings is 1. The number of carbonyl (C=O) groups is 2. The molecule has 0 aliphatic carbocycles. The van der Waals surface area contributed by atoms with Gasteiger partial charge in [0, 0.05) is 18.4 Å². The normalized spacial score (nSPS) is 12.0. The first-order valence-electron chi connectivity index (χ1n) is 7.90. The van der Waals surface area contributed by atoms with Crippen molar-refractivity contribution in [3.8, 4) is 17.1 Å². The Hall–Kier alpha value is -2.90. The number of aryl methyl sites for hydroxylation is 1. The number of amides is 1. The number of hydrogen-bond acceptors (Lipinski definition) is 6. The van der Waals surface area contributed by atoms with Crippen LogP contribution in [0.25, 0.3) is 11.4 Å². The molecule has 1 heterocycles. The fourth-order valence-corrected chi connectivity index (χ4v) is 2.19. The molecule has 0 radical (unpaired) electrons. The van der Waals surface area contributed by atoms with E-state index < -0.39 is 12.0 Å². The molecule has 1 amide bonds. The maximum absolute atomic E-state index is 11.9. The third-order valence-corrected chi connectivity index (χ3v) is 3.63. The van der Waals surface area contributed by atoms with Gasteiger partial charge in [-0.3, -0.25) is 4.79 Å². The molecule has 2 aromatic rings. The van der Waals surface area contributed by atoms with Gasteiger partial charge in [0.25, 0.3) is 0 Å². The zero-order valence-electron chi connectivity index (χ0n) is 14.4. The molecule has 0 aliphatic rings. The van der Waals surface area contributed by atoms with Crippen LogP contribution in [0.1, 0.15) is 26.2 Å². The Morgan fingerprint density at radius 1 is 1.28 bits per heavy atom. The molecule has 25 heavy (non-hydrogen) atoms. The largest absolute Gasteiger partial charge is 0.497 e. The molecule has 0 aliphatic heterocycles. The van der Waals surface area contributed by atoms with Gasteiger partial charge >= 0.3 is 5.97 Å². The molecule has 2 rings (SSSR count). The third kappa shape index (κ3) is 5.03. The highest BCUT2D eigenvalue weighted by Crippen LogP contribution is 2.20. The maximum atomic E-state index is 11.9. The fraction of sp³-hybridized carbons (Fsp3) is 0.412. The first-order chi connectivity index (χ1) is 11.9. The van der Waals surface area contributed by atoms with Crippen molar-refractivity contribution in [2.45, 2.75) is 32.7 Å². The molecule has 8 nitrogen and oxygen atoms in total. The minimum atomic E-state index is -1.05. The highest BCUT2D eigenvalue weighted by molar-refractivity contribution is 5.83. The quantitative estimate of drug-likeness (QED) is 0.749. The van der Waals surface area contributed by atoms with Crippen molar-refractivity contribution in [3.63, 3.8) is 0 Å². The molecule has 1 aromatic carbocycles. The number of rotatable bonds is 8. The zero-order valence-corrected chi connectivity index (χ0v) is 14.4. The van der Waals surface area contributed by atoms with Gasteiger partial charge in [-0.1, -0.05) is 19.0 Å².